The molecule has 1 aliphatic heterocycles. The highest BCUT2D eigenvalue weighted by Gasteiger charge is 2.27. The number of fused-ring (bicyclic) bond motifs is 1. The van der Waals surface area contributed by atoms with Gasteiger partial charge in [-0.3, -0.25) is 9.78 Å². The summed E-state index contributed by atoms with van der Waals surface area (Å²) in [6.07, 6.45) is 2.35. The summed E-state index contributed by atoms with van der Waals surface area (Å²) >= 11 is 0. The van der Waals surface area contributed by atoms with E-state index in [1.54, 1.807) is 51.2 Å². The maximum Gasteiger partial charge on any atom is 0.407 e. The number of carbonyl (C=O) groups excluding carboxylic acids is 2. The fourth-order valence-corrected chi connectivity index (χ4v) is 5.30. The van der Waals surface area contributed by atoms with Crippen molar-refractivity contribution in [1.82, 2.24) is 10.3 Å². The second kappa shape index (κ2) is 11.3. The number of carbonyl (C=O) groups is 2. The number of para-hydroxylation sites is 1. The molecule has 8 nitrogen and oxygen atoms in total. The monoisotopic (exact) mass is 574 g/mol. The predicted octanol–water partition coefficient (Wildman–Crippen LogP) is 6.15. The minimum Gasteiger partial charge on any atom is -0.506 e. The van der Waals surface area contributed by atoms with Crippen LogP contribution < -0.4 is 16.0 Å². The number of ether oxygens (including phenoxy) is 1. The highest BCUT2D eigenvalue weighted by molar-refractivity contribution is 6.03. The number of nitrogens with one attached hydrogen (secondary N) is 1. The Balaban J connectivity index is 1.58. The van der Waals surface area contributed by atoms with Gasteiger partial charge < -0.3 is 25.8 Å². The van der Waals surface area contributed by atoms with Gasteiger partial charge in [-0.2, -0.15) is 0 Å². The van der Waals surface area contributed by atoms with E-state index in [9.17, 15) is 23.5 Å². The number of hydrogen-bond donors (Lipinski definition) is 3. The Hall–Kier alpha value is -4.73. The summed E-state index contributed by atoms with van der Waals surface area (Å²) in [5, 5.41) is 14.4. The number of hydrogen-bond acceptors (Lipinski definition) is 6. The van der Waals surface area contributed by atoms with Gasteiger partial charge in [0.05, 0.1) is 16.8 Å². The van der Waals surface area contributed by atoms with Crippen LogP contribution in [0.5, 0.6) is 5.75 Å². The van der Waals surface area contributed by atoms with E-state index in [2.05, 4.69) is 15.2 Å². The third-order valence-corrected chi connectivity index (χ3v) is 7.16. The zero-order chi connectivity index (χ0) is 30.2. The largest absolute Gasteiger partial charge is 0.506 e. The molecule has 1 aromatic heterocycles. The van der Waals surface area contributed by atoms with Crippen LogP contribution in [0.2, 0.25) is 0 Å². The van der Waals surface area contributed by atoms with E-state index < -0.39 is 29.2 Å². The lowest BCUT2D eigenvalue weighted by Gasteiger charge is -2.36. The second-order valence-electron chi connectivity index (χ2n) is 11.4. The van der Waals surface area contributed by atoms with Crippen molar-refractivity contribution < 1.29 is 28.2 Å². The Morgan fingerprint density at radius 1 is 1.00 bits per heavy atom. The van der Waals surface area contributed by atoms with E-state index >= 15 is 0 Å². The highest BCUT2D eigenvalue weighted by Crippen LogP contribution is 2.41. The van der Waals surface area contributed by atoms with Gasteiger partial charge in [-0.15, -0.1) is 0 Å². The van der Waals surface area contributed by atoms with Gasteiger partial charge >= 0.3 is 6.09 Å². The standard InChI is InChI=1S/C32H32F2N4O4/c1-32(2,3)42-31(41)37-22-9-11-38(12-10-22)28-25-15-18(23-5-4-6-24(29(23)39)30(35)40)7-8-27(25)36-17-26(28)19-13-20(33)16-21(34)14-19/h4-8,13-17,22,39H,9-12H2,1-3H3,(H2,35,40)(H,37,41). The van der Waals surface area contributed by atoms with Crippen molar-refractivity contribution in [3.63, 3.8) is 0 Å². The number of alkyl carbamates (subject to hydrolysis) is 1. The lowest BCUT2D eigenvalue weighted by Crippen LogP contribution is -2.46. The number of nitrogens with two attached hydrogens (primary N) is 1. The fraction of sp³-hybridized carbons (Fsp3) is 0.281. The van der Waals surface area contributed by atoms with Crippen LogP contribution in [0.3, 0.4) is 0 Å². The van der Waals surface area contributed by atoms with Gasteiger partial charge in [0.1, 0.15) is 23.0 Å². The molecule has 4 aromatic rings. The molecule has 1 saturated heterocycles. The number of aromatic nitrogens is 1. The molecule has 0 atom stereocenters. The first-order valence-electron chi connectivity index (χ1n) is 13.7. The molecule has 2 amide bonds. The Bertz CT molecular complexity index is 1660. The van der Waals surface area contributed by atoms with E-state index in [1.165, 1.54) is 18.2 Å². The van der Waals surface area contributed by atoms with Crippen LogP contribution in [-0.2, 0) is 4.74 Å². The number of pyridine rings is 1. The van der Waals surface area contributed by atoms with E-state index in [4.69, 9.17) is 10.5 Å². The van der Waals surface area contributed by atoms with Crippen molar-refractivity contribution in [2.24, 2.45) is 5.73 Å². The van der Waals surface area contributed by atoms with E-state index in [0.717, 1.165) is 6.07 Å². The van der Waals surface area contributed by atoms with Crippen molar-refractivity contribution >= 4 is 28.6 Å². The fourth-order valence-electron chi connectivity index (χ4n) is 5.30. The maximum absolute atomic E-state index is 14.3. The maximum atomic E-state index is 14.3. The Morgan fingerprint density at radius 3 is 2.33 bits per heavy atom. The average Bonchev–Trinajstić information content (AvgIpc) is 2.91. The molecular weight excluding hydrogens is 542 g/mol. The van der Waals surface area contributed by atoms with E-state index in [0.29, 0.717) is 64.8 Å². The number of halogens is 2. The molecule has 0 unspecified atom stereocenters. The van der Waals surface area contributed by atoms with Crippen LogP contribution >= 0.6 is 0 Å². The molecule has 0 spiro atoms. The number of piperidine rings is 1. The molecule has 0 radical (unpaired) electrons. The molecule has 0 bridgehead atoms. The van der Waals surface area contributed by atoms with Crippen molar-refractivity contribution in [3.05, 3.63) is 78.0 Å². The van der Waals surface area contributed by atoms with Gasteiger partial charge in [0, 0.05) is 47.9 Å². The van der Waals surface area contributed by atoms with Gasteiger partial charge in [-0.1, -0.05) is 18.2 Å². The number of nitrogens with zero attached hydrogens (tertiary/aromatic N) is 2. The van der Waals surface area contributed by atoms with Gasteiger partial charge in [0.2, 0.25) is 0 Å². The molecule has 1 aliphatic rings. The number of aromatic hydroxyl groups is 1. The molecular formula is C32H32F2N4O4. The first kappa shape index (κ1) is 28.8. The molecule has 218 valence electrons. The first-order valence-corrected chi connectivity index (χ1v) is 13.7. The van der Waals surface area contributed by atoms with Gasteiger partial charge in [-0.05, 0) is 75.1 Å². The van der Waals surface area contributed by atoms with Gasteiger partial charge in [0.25, 0.3) is 5.91 Å². The van der Waals surface area contributed by atoms with Crippen LogP contribution in [0.4, 0.5) is 19.3 Å². The van der Waals surface area contributed by atoms with Crippen LogP contribution in [0.15, 0.2) is 60.8 Å². The SMILES string of the molecule is CC(C)(C)OC(=O)NC1CCN(c2c(-c3cc(F)cc(F)c3)cnc3ccc(-c4cccc(C(N)=O)c4O)cc23)CC1. The van der Waals surface area contributed by atoms with Crippen LogP contribution in [0, 0.1) is 11.6 Å². The zero-order valence-corrected chi connectivity index (χ0v) is 23.6. The summed E-state index contributed by atoms with van der Waals surface area (Å²) in [5.41, 5.74) is 8.05. The lowest BCUT2D eigenvalue weighted by atomic mass is 9.95. The van der Waals surface area contributed by atoms with E-state index in [-0.39, 0.29) is 17.4 Å². The summed E-state index contributed by atoms with van der Waals surface area (Å²) in [4.78, 5) is 30.9. The third-order valence-electron chi connectivity index (χ3n) is 7.16. The molecule has 1 fully saturated rings. The Kier molecular flexibility index (Phi) is 7.73. The van der Waals surface area contributed by atoms with Crippen molar-refractivity contribution in [2.45, 2.75) is 45.3 Å². The van der Waals surface area contributed by atoms with Crippen LogP contribution in [0.25, 0.3) is 33.2 Å². The molecule has 4 N–H and O–H groups in total. The van der Waals surface area contributed by atoms with Crippen LogP contribution in [-0.4, -0.2) is 46.8 Å². The lowest BCUT2D eigenvalue weighted by molar-refractivity contribution is 0.0497. The molecule has 10 heteroatoms. The summed E-state index contributed by atoms with van der Waals surface area (Å²) < 4.78 is 34.1. The molecule has 2 heterocycles. The number of benzene rings is 3. The molecule has 42 heavy (non-hydrogen) atoms. The molecule has 3 aromatic carbocycles. The summed E-state index contributed by atoms with van der Waals surface area (Å²) in [7, 11) is 0. The second-order valence-corrected chi connectivity index (χ2v) is 11.4. The smallest absolute Gasteiger partial charge is 0.407 e. The minimum atomic E-state index is -0.754. The van der Waals surface area contributed by atoms with Gasteiger partial charge in [-0.25, -0.2) is 13.6 Å². The summed E-state index contributed by atoms with van der Waals surface area (Å²) in [6.45, 7) is 6.49. The highest BCUT2D eigenvalue weighted by atomic mass is 19.1. The van der Waals surface area contributed by atoms with Crippen LogP contribution in [0.1, 0.15) is 44.0 Å². The number of phenols is 1. The number of primary amides is 1. The molecule has 0 saturated carbocycles. The van der Waals surface area contributed by atoms with Crippen molar-refractivity contribution in [3.8, 4) is 28.0 Å². The number of anilines is 1. The summed E-state index contributed by atoms with van der Waals surface area (Å²) in [5.74, 6) is -2.41. The normalized spacial score (nSPS) is 14.2. The predicted molar refractivity (Wildman–Crippen MR) is 157 cm³/mol. The number of amides is 2. The minimum absolute atomic E-state index is 0.00510. The Morgan fingerprint density at radius 2 is 1.69 bits per heavy atom. The summed E-state index contributed by atoms with van der Waals surface area (Å²) in [6, 6.07) is 13.4. The zero-order valence-electron chi connectivity index (χ0n) is 23.6. The topological polar surface area (TPSA) is 118 Å². The number of rotatable bonds is 5. The first-order chi connectivity index (χ1) is 19.9. The molecule has 5 rings (SSSR count). The third kappa shape index (κ3) is 6.12. The van der Waals surface area contributed by atoms with Crippen molar-refractivity contribution in [2.75, 3.05) is 18.0 Å². The van der Waals surface area contributed by atoms with Gasteiger partial charge in [0.15, 0.2) is 0 Å². The molecule has 0 aliphatic carbocycles. The van der Waals surface area contributed by atoms with E-state index in [1.807, 2.05) is 6.07 Å². The van der Waals surface area contributed by atoms with Crippen molar-refractivity contribution in [1.29, 1.82) is 0 Å². The Labute approximate surface area is 242 Å². The average molecular weight is 575 g/mol. The quantitative estimate of drug-likeness (QED) is 0.263.